The van der Waals surface area contributed by atoms with Crippen LogP contribution in [-0.2, 0) is 16.1 Å². The second-order valence-corrected chi connectivity index (χ2v) is 5.56. The average Bonchev–Trinajstić information content (AvgIpc) is 2.95. The minimum absolute atomic E-state index is 0.270. The van der Waals surface area contributed by atoms with Crippen LogP contribution >= 0.6 is 0 Å². The number of nitrogens with zero attached hydrogens (tertiary/aromatic N) is 1. The number of esters is 1. The Morgan fingerprint density at radius 2 is 2.00 bits per heavy atom. The van der Waals surface area contributed by atoms with Crippen molar-refractivity contribution in [2.24, 2.45) is 4.99 Å². The highest BCUT2D eigenvalue weighted by molar-refractivity contribution is 6.04. The highest BCUT2D eigenvalue weighted by atomic mass is 16.5. The Morgan fingerprint density at radius 3 is 2.59 bits per heavy atom. The summed E-state index contributed by atoms with van der Waals surface area (Å²) in [6, 6.07) is 9.68. The highest BCUT2D eigenvalue weighted by Gasteiger charge is 2.18. The molecule has 0 atom stereocenters. The number of benzene rings is 1. The number of aliphatic imine (C=N–C) groups is 1. The number of carbonyl (C=O) groups excluding carboxylic acids is 1. The predicted octanol–water partition coefficient (Wildman–Crippen LogP) is 4.59. The zero-order chi connectivity index (χ0) is 15.9. The molecule has 0 saturated heterocycles. The molecule has 2 rings (SSSR count). The number of hydrogen-bond acceptors (Lipinski definition) is 3. The third kappa shape index (κ3) is 4.17. The van der Waals surface area contributed by atoms with Gasteiger partial charge in [0, 0.05) is 5.71 Å². The van der Waals surface area contributed by atoms with Gasteiger partial charge in [-0.15, -0.1) is 0 Å². The minimum atomic E-state index is -0.351. The molecule has 0 aliphatic heterocycles. The van der Waals surface area contributed by atoms with Crippen LogP contribution in [0.1, 0.15) is 45.1 Å². The Bertz CT molecular complexity index is 612. The van der Waals surface area contributed by atoms with Gasteiger partial charge in [0.05, 0.1) is 0 Å². The van der Waals surface area contributed by atoms with Crippen LogP contribution in [0.15, 0.2) is 58.7 Å². The maximum Gasteiger partial charge on any atom is 0.357 e. The third-order valence-electron chi connectivity index (χ3n) is 3.89. The van der Waals surface area contributed by atoms with Crippen LogP contribution in [0, 0.1) is 0 Å². The van der Waals surface area contributed by atoms with Crippen molar-refractivity contribution < 1.29 is 9.53 Å². The van der Waals surface area contributed by atoms with E-state index in [-0.39, 0.29) is 12.6 Å². The van der Waals surface area contributed by atoms with Crippen LogP contribution in [-0.4, -0.2) is 11.7 Å². The fourth-order valence-corrected chi connectivity index (χ4v) is 2.33. The molecule has 1 aromatic rings. The van der Waals surface area contributed by atoms with Crippen molar-refractivity contribution in [3.05, 3.63) is 59.3 Å². The summed E-state index contributed by atoms with van der Waals surface area (Å²) in [7, 11) is 0. The summed E-state index contributed by atoms with van der Waals surface area (Å²) in [6.07, 6.45) is 3.70. The highest BCUT2D eigenvalue weighted by Crippen LogP contribution is 2.23. The molecule has 0 amide bonds. The molecule has 22 heavy (non-hydrogen) atoms. The van der Waals surface area contributed by atoms with Crippen LogP contribution in [0.5, 0.6) is 0 Å². The zero-order valence-electron chi connectivity index (χ0n) is 13.4. The first-order chi connectivity index (χ1) is 10.6. The Labute approximate surface area is 132 Å². The largest absolute Gasteiger partial charge is 0.456 e. The lowest BCUT2D eigenvalue weighted by molar-refractivity contribution is -0.140. The molecule has 0 aromatic heterocycles. The lowest BCUT2D eigenvalue weighted by Gasteiger charge is -2.09. The van der Waals surface area contributed by atoms with Gasteiger partial charge >= 0.3 is 5.97 Å². The van der Waals surface area contributed by atoms with E-state index < -0.39 is 0 Å². The van der Waals surface area contributed by atoms with E-state index in [9.17, 15) is 4.79 Å². The van der Waals surface area contributed by atoms with Crippen LogP contribution in [0.25, 0.3) is 0 Å². The van der Waals surface area contributed by atoms with Crippen LogP contribution in [0.3, 0.4) is 0 Å². The van der Waals surface area contributed by atoms with E-state index in [1.165, 1.54) is 0 Å². The number of allylic oxidation sites excluding steroid dienone is 2. The molecule has 1 fully saturated rings. The van der Waals surface area contributed by atoms with Gasteiger partial charge in [-0.3, -0.25) is 0 Å². The van der Waals surface area contributed by atoms with E-state index in [0.29, 0.717) is 5.70 Å². The molecule has 0 radical (unpaired) electrons. The Balaban J connectivity index is 2.12. The number of ether oxygens (including phenoxy) is 1. The summed E-state index contributed by atoms with van der Waals surface area (Å²) in [4.78, 5) is 17.0. The number of rotatable bonds is 5. The first kappa shape index (κ1) is 16.2. The van der Waals surface area contributed by atoms with Gasteiger partial charge in [0.25, 0.3) is 0 Å². The molecule has 0 N–H and O–H groups in total. The molecule has 0 bridgehead atoms. The molecule has 0 spiro atoms. The van der Waals surface area contributed by atoms with E-state index in [0.717, 1.165) is 48.1 Å². The van der Waals surface area contributed by atoms with Crippen molar-refractivity contribution in [2.75, 3.05) is 0 Å². The molecule has 3 heteroatoms. The molecular weight excluding hydrogens is 274 g/mol. The van der Waals surface area contributed by atoms with E-state index in [4.69, 9.17) is 4.74 Å². The normalized spacial score (nSPS) is 17.5. The summed E-state index contributed by atoms with van der Waals surface area (Å²) in [5.41, 5.74) is 4.35. The van der Waals surface area contributed by atoms with Gasteiger partial charge < -0.3 is 4.74 Å². The van der Waals surface area contributed by atoms with Crippen LogP contribution in [0.4, 0.5) is 0 Å². The number of carbonyl (C=O) groups is 1. The maximum atomic E-state index is 12.4. The van der Waals surface area contributed by atoms with Gasteiger partial charge in [0.2, 0.25) is 0 Å². The molecule has 0 unspecified atom stereocenters. The molecule has 1 saturated carbocycles. The summed E-state index contributed by atoms with van der Waals surface area (Å²) in [6.45, 7) is 8.24. The van der Waals surface area contributed by atoms with Gasteiger partial charge in [-0.1, -0.05) is 43.8 Å². The van der Waals surface area contributed by atoms with Crippen LogP contribution in [0.2, 0.25) is 0 Å². The van der Waals surface area contributed by atoms with Crippen molar-refractivity contribution in [2.45, 2.75) is 46.1 Å². The Kier molecular flexibility index (Phi) is 5.70. The molecule has 116 valence electrons. The standard InChI is InChI=1S/C19H23NO2/c1-4-14(2)18(20-17-12-8-9-15(17)3)19(21)22-13-16-10-6-5-7-11-16/h5-7,10-11H,3-4,8-9,12-13H2,1-2H3/b18-14+,20-17-. The molecule has 3 nitrogen and oxygen atoms in total. The monoisotopic (exact) mass is 297 g/mol. The topological polar surface area (TPSA) is 38.7 Å². The first-order valence-corrected chi connectivity index (χ1v) is 7.78. The SMILES string of the molecule is C=C1CCC/C1=N/C(C(=O)OCc1ccccc1)=C(\C)CC. The van der Waals surface area contributed by atoms with Gasteiger partial charge in [-0.2, -0.15) is 0 Å². The average molecular weight is 297 g/mol. The van der Waals surface area contributed by atoms with E-state index in [1.54, 1.807) is 0 Å². The lowest BCUT2D eigenvalue weighted by atomic mass is 10.1. The molecule has 1 aromatic carbocycles. The molecule has 0 heterocycles. The van der Waals surface area contributed by atoms with E-state index in [2.05, 4.69) is 11.6 Å². The van der Waals surface area contributed by atoms with Gasteiger partial charge in [0.15, 0.2) is 0 Å². The summed E-state index contributed by atoms with van der Waals surface area (Å²) in [5.74, 6) is -0.351. The summed E-state index contributed by atoms with van der Waals surface area (Å²) < 4.78 is 5.43. The lowest BCUT2D eigenvalue weighted by Crippen LogP contribution is -2.10. The quantitative estimate of drug-likeness (QED) is 0.588. The fourth-order valence-electron chi connectivity index (χ4n) is 2.33. The predicted molar refractivity (Wildman–Crippen MR) is 89.7 cm³/mol. The van der Waals surface area contributed by atoms with Crippen molar-refractivity contribution in [3.8, 4) is 0 Å². The first-order valence-electron chi connectivity index (χ1n) is 7.78. The smallest absolute Gasteiger partial charge is 0.357 e. The second-order valence-electron chi connectivity index (χ2n) is 5.56. The Morgan fingerprint density at radius 1 is 1.27 bits per heavy atom. The van der Waals surface area contributed by atoms with Crippen molar-refractivity contribution in [3.63, 3.8) is 0 Å². The minimum Gasteiger partial charge on any atom is -0.456 e. The van der Waals surface area contributed by atoms with Crippen molar-refractivity contribution in [1.82, 2.24) is 0 Å². The van der Waals surface area contributed by atoms with E-state index in [1.807, 2.05) is 44.2 Å². The second kappa shape index (κ2) is 7.74. The third-order valence-corrected chi connectivity index (χ3v) is 3.89. The zero-order valence-corrected chi connectivity index (χ0v) is 13.4. The van der Waals surface area contributed by atoms with Crippen molar-refractivity contribution in [1.29, 1.82) is 0 Å². The van der Waals surface area contributed by atoms with Gasteiger partial charge in [-0.25, -0.2) is 9.79 Å². The number of hydrogen-bond donors (Lipinski definition) is 0. The van der Waals surface area contributed by atoms with Gasteiger partial charge in [0.1, 0.15) is 12.3 Å². The molecule has 1 aliphatic carbocycles. The van der Waals surface area contributed by atoms with Crippen LogP contribution < -0.4 is 0 Å². The van der Waals surface area contributed by atoms with Gasteiger partial charge in [-0.05, 0) is 49.3 Å². The van der Waals surface area contributed by atoms with Crippen molar-refractivity contribution >= 4 is 11.7 Å². The maximum absolute atomic E-state index is 12.4. The summed E-state index contributed by atoms with van der Waals surface area (Å²) in [5, 5.41) is 0. The fraction of sp³-hybridized carbons (Fsp3) is 0.368. The summed E-state index contributed by atoms with van der Waals surface area (Å²) >= 11 is 0. The molecular formula is C19H23NO2. The Hall–Kier alpha value is -2.16. The van der Waals surface area contributed by atoms with E-state index >= 15 is 0 Å². The molecule has 1 aliphatic rings.